The number of anilines is 1. The molecule has 3 aliphatic heterocycles. The molecular formula is C26H37N2O2S+. The van der Waals surface area contributed by atoms with Gasteiger partial charge in [0.25, 0.3) is 0 Å². The van der Waals surface area contributed by atoms with Crippen LogP contribution in [0.2, 0.25) is 0 Å². The van der Waals surface area contributed by atoms with E-state index in [1.165, 1.54) is 69.5 Å². The molecule has 2 bridgehead atoms. The number of thiophene rings is 1. The smallest absolute Gasteiger partial charge is 0.415 e. The van der Waals surface area contributed by atoms with Crippen LogP contribution in [-0.2, 0) is 11.3 Å². The standard InChI is InChI=1S/C26H37N2O2S/c1-2-3-4-5-9-16-28-17-14-22(15-18-28)25(21-28)30-26(29)27(20-24-13-10-19-31-24)23-11-7-6-8-12-23/h6-8,10-13,19,22,25H,2-5,9,14-18,20-21H2,1H3/q+1/t22?,25-,28?/m0/s1. The number of para-hydroxylation sites is 1. The van der Waals surface area contributed by atoms with Gasteiger partial charge in [0.05, 0.1) is 26.2 Å². The Bertz CT molecular complexity index is 800. The number of piperidine rings is 3. The van der Waals surface area contributed by atoms with Crippen LogP contribution >= 0.6 is 11.3 Å². The lowest BCUT2D eigenvalue weighted by Crippen LogP contribution is -2.64. The molecular weight excluding hydrogens is 404 g/mol. The van der Waals surface area contributed by atoms with E-state index in [4.69, 9.17) is 4.74 Å². The molecule has 1 aromatic carbocycles. The van der Waals surface area contributed by atoms with Crippen LogP contribution in [0.4, 0.5) is 10.5 Å². The second kappa shape index (κ2) is 10.6. The van der Waals surface area contributed by atoms with E-state index in [1.54, 1.807) is 16.2 Å². The maximum absolute atomic E-state index is 13.4. The van der Waals surface area contributed by atoms with Gasteiger partial charge in [-0.3, -0.25) is 4.90 Å². The number of nitrogens with zero attached hydrogens (tertiary/aromatic N) is 2. The first kappa shape index (κ1) is 22.3. The number of carbonyl (C=O) groups excluding carboxylic acids is 1. The Morgan fingerprint density at radius 1 is 1.06 bits per heavy atom. The number of hydrogen-bond acceptors (Lipinski definition) is 3. The van der Waals surface area contributed by atoms with Gasteiger partial charge in [-0.15, -0.1) is 11.3 Å². The maximum Gasteiger partial charge on any atom is 0.415 e. The zero-order valence-electron chi connectivity index (χ0n) is 18.9. The first-order valence-corrected chi connectivity index (χ1v) is 13.0. The lowest BCUT2D eigenvalue weighted by molar-refractivity contribution is -0.946. The Hall–Kier alpha value is -1.85. The largest absolute Gasteiger partial charge is 0.440 e. The summed E-state index contributed by atoms with van der Waals surface area (Å²) in [6.45, 7) is 7.63. The Labute approximate surface area is 191 Å². The van der Waals surface area contributed by atoms with Gasteiger partial charge >= 0.3 is 6.09 Å². The predicted molar refractivity (Wildman–Crippen MR) is 128 cm³/mol. The van der Waals surface area contributed by atoms with Gasteiger partial charge in [-0.25, -0.2) is 4.79 Å². The normalized spacial score (nSPS) is 24.8. The molecule has 3 saturated heterocycles. The average molecular weight is 442 g/mol. The number of amides is 1. The molecule has 0 radical (unpaired) electrons. The number of unbranched alkanes of at least 4 members (excludes halogenated alkanes) is 4. The van der Waals surface area contributed by atoms with Crippen molar-refractivity contribution in [1.82, 2.24) is 0 Å². The van der Waals surface area contributed by atoms with E-state index < -0.39 is 0 Å². The minimum atomic E-state index is -0.195. The molecule has 5 heteroatoms. The van der Waals surface area contributed by atoms with Crippen LogP contribution in [0.3, 0.4) is 0 Å². The molecule has 0 saturated carbocycles. The Kier molecular flexibility index (Phi) is 7.67. The van der Waals surface area contributed by atoms with Crippen molar-refractivity contribution in [3.63, 3.8) is 0 Å². The van der Waals surface area contributed by atoms with Crippen LogP contribution in [0.1, 0.15) is 56.7 Å². The summed E-state index contributed by atoms with van der Waals surface area (Å²) in [6.07, 6.45) is 8.90. The quantitative estimate of drug-likeness (QED) is 0.312. The van der Waals surface area contributed by atoms with Gasteiger partial charge in [0, 0.05) is 29.3 Å². The van der Waals surface area contributed by atoms with Crippen LogP contribution < -0.4 is 4.90 Å². The van der Waals surface area contributed by atoms with E-state index in [0.29, 0.717) is 12.5 Å². The average Bonchev–Trinajstić information content (AvgIpc) is 3.32. The summed E-state index contributed by atoms with van der Waals surface area (Å²) in [4.78, 5) is 16.3. The van der Waals surface area contributed by atoms with Crippen LogP contribution in [0, 0.1) is 5.92 Å². The van der Waals surface area contributed by atoms with Crippen LogP contribution in [0.25, 0.3) is 0 Å². The van der Waals surface area contributed by atoms with E-state index in [1.807, 2.05) is 36.4 Å². The summed E-state index contributed by atoms with van der Waals surface area (Å²) < 4.78 is 7.40. The summed E-state index contributed by atoms with van der Waals surface area (Å²) in [5, 5.41) is 2.06. The lowest BCUT2D eigenvalue weighted by atomic mass is 9.83. The highest BCUT2D eigenvalue weighted by Gasteiger charge is 2.47. The van der Waals surface area contributed by atoms with Gasteiger partial charge in [0.2, 0.25) is 0 Å². The second-order valence-electron chi connectivity index (χ2n) is 9.37. The topological polar surface area (TPSA) is 29.5 Å². The fraction of sp³-hybridized carbons (Fsp3) is 0.577. The molecule has 1 aromatic heterocycles. The zero-order chi connectivity index (χ0) is 21.5. The molecule has 0 aliphatic carbocycles. The molecule has 0 N–H and O–H groups in total. The van der Waals surface area contributed by atoms with Crippen molar-refractivity contribution in [2.45, 2.75) is 64.5 Å². The molecule has 168 valence electrons. The molecule has 2 aromatic rings. The zero-order valence-corrected chi connectivity index (χ0v) is 19.7. The van der Waals surface area contributed by atoms with E-state index in [9.17, 15) is 4.79 Å². The molecule has 4 heterocycles. The molecule has 0 spiro atoms. The van der Waals surface area contributed by atoms with Crippen molar-refractivity contribution in [1.29, 1.82) is 0 Å². The summed E-state index contributed by atoms with van der Waals surface area (Å²) in [6, 6.07) is 14.1. The van der Waals surface area contributed by atoms with Crippen LogP contribution in [0.15, 0.2) is 47.8 Å². The fourth-order valence-corrected chi connectivity index (χ4v) is 6.03. The van der Waals surface area contributed by atoms with E-state index >= 15 is 0 Å². The van der Waals surface area contributed by atoms with Crippen molar-refractivity contribution in [2.24, 2.45) is 5.92 Å². The van der Waals surface area contributed by atoms with Crippen molar-refractivity contribution >= 4 is 23.1 Å². The van der Waals surface area contributed by atoms with Gasteiger partial charge in [-0.05, 0) is 36.4 Å². The molecule has 3 fully saturated rings. The molecule has 1 amide bonds. The van der Waals surface area contributed by atoms with E-state index in [-0.39, 0.29) is 12.2 Å². The van der Waals surface area contributed by atoms with Crippen LogP contribution in [-0.4, -0.2) is 42.9 Å². The maximum atomic E-state index is 13.4. The van der Waals surface area contributed by atoms with Crippen molar-refractivity contribution < 1.29 is 14.0 Å². The van der Waals surface area contributed by atoms with Gasteiger partial charge < -0.3 is 9.22 Å². The molecule has 4 nitrogen and oxygen atoms in total. The van der Waals surface area contributed by atoms with Crippen molar-refractivity contribution in [3.8, 4) is 0 Å². The van der Waals surface area contributed by atoms with Crippen molar-refractivity contribution in [3.05, 3.63) is 52.7 Å². The highest BCUT2D eigenvalue weighted by atomic mass is 32.1. The third kappa shape index (κ3) is 5.69. The fourth-order valence-electron chi connectivity index (χ4n) is 5.34. The minimum Gasteiger partial charge on any atom is -0.440 e. The van der Waals surface area contributed by atoms with Crippen LogP contribution in [0.5, 0.6) is 0 Å². The monoisotopic (exact) mass is 441 g/mol. The predicted octanol–water partition coefficient (Wildman–Crippen LogP) is 6.47. The summed E-state index contributed by atoms with van der Waals surface area (Å²) >= 11 is 1.68. The summed E-state index contributed by atoms with van der Waals surface area (Å²) in [5.74, 6) is 0.531. The Morgan fingerprint density at radius 3 is 2.55 bits per heavy atom. The third-order valence-corrected chi connectivity index (χ3v) is 8.07. The lowest BCUT2D eigenvalue weighted by Gasteiger charge is -2.52. The number of hydrogen-bond donors (Lipinski definition) is 0. The second-order valence-corrected chi connectivity index (χ2v) is 10.4. The molecule has 0 unspecified atom stereocenters. The molecule has 1 atom stereocenters. The van der Waals surface area contributed by atoms with Gasteiger partial charge in [-0.2, -0.15) is 0 Å². The highest BCUT2D eigenvalue weighted by molar-refractivity contribution is 7.09. The molecule has 31 heavy (non-hydrogen) atoms. The Balaban J connectivity index is 1.40. The van der Waals surface area contributed by atoms with Crippen molar-refractivity contribution in [2.75, 3.05) is 31.1 Å². The SMILES string of the molecule is CCCCCCC[N+]12CCC(CC1)[C@@H](OC(=O)N(Cc1cccs1)c1ccccc1)C2. The number of rotatable bonds is 10. The highest BCUT2D eigenvalue weighted by Crippen LogP contribution is 2.36. The number of ether oxygens (including phenoxy) is 1. The van der Waals surface area contributed by atoms with Gasteiger partial charge in [0.15, 0.2) is 6.10 Å². The number of benzene rings is 1. The first-order valence-electron chi connectivity index (χ1n) is 12.1. The first-order chi connectivity index (χ1) is 15.2. The third-order valence-electron chi connectivity index (χ3n) is 7.21. The van der Waals surface area contributed by atoms with E-state index in [2.05, 4.69) is 18.4 Å². The summed E-state index contributed by atoms with van der Waals surface area (Å²) in [7, 11) is 0. The molecule has 3 aliphatic rings. The van der Waals surface area contributed by atoms with E-state index in [0.717, 1.165) is 16.7 Å². The number of quaternary nitrogens is 1. The minimum absolute atomic E-state index is 0.0557. The number of fused-ring (bicyclic) bond motifs is 3. The Morgan fingerprint density at radius 2 is 1.84 bits per heavy atom. The summed E-state index contributed by atoms with van der Waals surface area (Å²) in [5.41, 5.74) is 0.905. The molecule has 5 rings (SSSR count). The van der Waals surface area contributed by atoms with Gasteiger partial charge in [0.1, 0.15) is 6.54 Å². The number of carbonyl (C=O) groups is 1. The van der Waals surface area contributed by atoms with Gasteiger partial charge in [-0.1, -0.05) is 50.5 Å².